The summed E-state index contributed by atoms with van der Waals surface area (Å²) >= 11 is 2.88. The van der Waals surface area contributed by atoms with E-state index in [0.29, 0.717) is 17.1 Å². The van der Waals surface area contributed by atoms with E-state index in [-0.39, 0.29) is 18.0 Å². The van der Waals surface area contributed by atoms with Crippen molar-refractivity contribution in [3.63, 3.8) is 0 Å². The van der Waals surface area contributed by atoms with Gasteiger partial charge in [0.15, 0.2) is 16.6 Å². The minimum atomic E-state index is 0. The summed E-state index contributed by atoms with van der Waals surface area (Å²) in [6, 6.07) is 3.39. The van der Waals surface area contributed by atoms with Crippen molar-refractivity contribution in [1.82, 2.24) is 25.1 Å². The van der Waals surface area contributed by atoms with Crippen LogP contribution in [0.5, 0.6) is 0 Å². The van der Waals surface area contributed by atoms with Gasteiger partial charge in [0.05, 0.1) is 35.0 Å². The molecule has 0 bridgehead atoms. The molecule has 0 aromatic carbocycles. The summed E-state index contributed by atoms with van der Waals surface area (Å²) in [6.07, 6.45) is 11.5. The number of carbonyl (C=O) groups is 1. The van der Waals surface area contributed by atoms with E-state index in [1.165, 1.54) is 23.5 Å². The van der Waals surface area contributed by atoms with Crippen LogP contribution < -0.4 is 5.90 Å². The van der Waals surface area contributed by atoms with Crippen LogP contribution in [0.4, 0.5) is 0 Å². The Bertz CT molecular complexity index is 883. The molecule has 0 saturated carbocycles. The van der Waals surface area contributed by atoms with Crippen LogP contribution in [-0.4, -0.2) is 54.2 Å². The Morgan fingerprint density at radius 2 is 1.72 bits per heavy atom. The Morgan fingerprint density at radius 3 is 2.24 bits per heavy atom. The molecule has 3 aromatic rings. The summed E-state index contributed by atoms with van der Waals surface area (Å²) in [5, 5.41) is 20.1. The standard InChI is InChI=1S/C8H7N3OS.C8H8N2O2S.ClH.H3NO/c1-13-8-9-3-2-7(11-8)6-4-10-12-5-6;1-13-8-9-3-2-7(10-8)6(4-11)5-12;;1-2/h2-5H,1H3;2-5,11H,1H3;1H;2H,1H2/b;6-4-;;. The average Bonchev–Trinajstić information content (AvgIpc) is 3.32. The Kier molecular flexibility index (Phi) is 14.1. The number of aliphatic hydroxyl groups is 1. The van der Waals surface area contributed by atoms with Crippen molar-refractivity contribution in [2.24, 2.45) is 5.90 Å². The van der Waals surface area contributed by atoms with Gasteiger partial charge in [-0.25, -0.2) is 25.8 Å². The van der Waals surface area contributed by atoms with Crippen LogP contribution in [-0.2, 0) is 4.79 Å². The highest BCUT2D eigenvalue weighted by Gasteiger charge is 2.03. The van der Waals surface area contributed by atoms with Gasteiger partial charge in [-0.1, -0.05) is 28.7 Å². The normalized spacial score (nSPS) is 9.86. The number of aromatic nitrogens is 5. The fraction of sp³-hybridized carbons (Fsp3) is 0.125. The minimum absolute atomic E-state index is 0. The van der Waals surface area contributed by atoms with Crippen molar-refractivity contribution in [3.05, 3.63) is 48.9 Å². The third kappa shape index (κ3) is 8.58. The van der Waals surface area contributed by atoms with Crippen molar-refractivity contribution >= 4 is 47.8 Å². The van der Waals surface area contributed by atoms with Gasteiger partial charge in [0, 0.05) is 12.4 Å². The first-order valence-corrected chi connectivity index (χ1v) is 9.86. The third-order valence-corrected chi connectivity index (χ3v) is 4.05. The van der Waals surface area contributed by atoms with Gasteiger partial charge in [-0.2, -0.15) is 0 Å². The van der Waals surface area contributed by atoms with E-state index in [9.17, 15) is 4.79 Å². The lowest BCUT2D eigenvalue weighted by Gasteiger charge is -1.98. The summed E-state index contributed by atoms with van der Waals surface area (Å²) in [6.45, 7) is 0. The van der Waals surface area contributed by atoms with Crippen LogP contribution in [0.2, 0.25) is 0 Å². The van der Waals surface area contributed by atoms with E-state index in [1.807, 2.05) is 18.6 Å². The van der Waals surface area contributed by atoms with Crippen LogP contribution in [0, 0.1) is 0 Å². The average molecular weight is 459 g/mol. The van der Waals surface area contributed by atoms with Gasteiger partial charge in [-0.3, -0.25) is 4.79 Å². The van der Waals surface area contributed by atoms with Crippen LogP contribution in [0.1, 0.15) is 5.69 Å². The molecule has 0 amide bonds. The Labute approximate surface area is 181 Å². The molecule has 0 radical (unpaired) electrons. The molecule has 13 heteroatoms. The first kappa shape index (κ1) is 26.5. The number of halogens is 1. The quantitative estimate of drug-likeness (QED) is 0.128. The fourth-order valence-electron chi connectivity index (χ4n) is 1.69. The first-order valence-electron chi connectivity index (χ1n) is 7.41. The van der Waals surface area contributed by atoms with Crippen LogP contribution in [0.25, 0.3) is 16.8 Å². The van der Waals surface area contributed by atoms with Crippen molar-refractivity contribution in [1.29, 1.82) is 0 Å². The first-order chi connectivity index (χ1) is 13.7. The van der Waals surface area contributed by atoms with E-state index in [4.69, 9.17) is 14.8 Å². The SMILES string of the molecule is CSc1nccc(-c2cnoc2)n1.CSc1nccc(/C(C=O)=C\O)n1.Cl.NO. The third-order valence-electron chi connectivity index (χ3n) is 2.92. The Balaban J connectivity index is 0.000000483. The zero-order chi connectivity index (χ0) is 20.8. The van der Waals surface area contributed by atoms with E-state index >= 15 is 0 Å². The van der Waals surface area contributed by atoms with E-state index in [2.05, 4.69) is 31.0 Å². The van der Waals surface area contributed by atoms with E-state index in [0.717, 1.165) is 22.7 Å². The van der Waals surface area contributed by atoms with Crippen LogP contribution in [0.3, 0.4) is 0 Å². The maximum Gasteiger partial charge on any atom is 0.187 e. The highest BCUT2D eigenvalue weighted by Crippen LogP contribution is 2.17. The molecule has 0 aliphatic heterocycles. The maximum atomic E-state index is 10.4. The molecule has 4 N–H and O–H groups in total. The topological polar surface area (TPSA) is 161 Å². The van der Waals surface area contributed by atoms with Gasteiger partial charge < -0.3 is 14.8 Å². The molecule has 0 unspecified atom stereocenters. The largest absolute Gasteiger partial charge is 0.515 e. The minimum Gasteiger partial charge on any atom is -0.515 e. The van der Waals surface area contributed by atoms with Gasteiger partial charge in [-0.05, 0) is 24.6 Å². The van der Waals surface area contributed by atoms with Gasteiger partial charge in [0.2, 0.25) is 0 Å². The molecule has 0 aliphatic carbocycles. The number of allylic oxidation sites excluding steroid dienone is 1. The second kappa shape index (κ2) is 15.4. The van der Waals surface area contributed by atoms with Crippen molar-refractivity contribution in [3.8, 4) is 11.3 Å². The van der Waals surface area contributed by atoms with Gasteiger partial charge in [0.1, 0.15) is 6.26 Å². The lowest BCUT2D eigenvalue weighted by Crippen LogP contribution is -1.93. The monoisotopic (exact) mass is 458 g/mol. The van der Waals surface area contributed by atoms with Crippen LogP contribution in [0.15, 0.2) is 58.1 Å². The smallest absolute Gasteiger partial charge is 0.187 e. The number of rotatable bonds is 5. The summed E-state index contributed by atoms with van der Waals surface area (Å²) in [7, 11) is 0. The number of aldehydes is 1. The predicted octanol–water partition coefficient (Wildman–Crippen LogP) is 2.91. The Morgan fingerprint density at radius 1 is 1.10 bits per heavy atom. The number of nitrogens with two attached hydrogens (primary N) is 1. The number of hydrogen-bond donors (Lipinski definition) is 3. The molecule has 10 nitrogen and oxygen atoms in total. The summed E-state index contributed by atoms with van der Waals surface area (Å²) in [5.74, 6) is 3.50. The van der Waals surface area contributed by atoms with Gasteiger partial charge in [0.25, 0.3) is 0 Å². The van der Waals surface area contributed by atoms with E-state index in [1.54, 1.807) is 30.9 Å². The molecule has 3 rings (SSSR count). The lowest BCUT2D eigenvalue weighted by atomic mass is 10.2. The summed E-state index contributed by atoms with van der Waals surface area (Å²) in [5.41, 5.74) is 2.29. The summed E-state index contributed by atoms with van der Waals surface area (Å²) < 4.78 is 4.73. The van der Waals surface area contributed by atoms with Crippen molar-refractivity contribution < 1.29 is 19.6 Å². The molecule has 0 spiro atoms. The van der Waals surface area contributed by atoms with E-state index < -0.39 is 0 Å². The molecule has 0 fully saturated rings. The molecule has 29 heavy (non-hydrogen) atoms. The highest BCUT2D eigenvalue weighted by atomic mass is 35.5. The number of thioether (sulfide) groups is 2. The summed E-state index contributed by atoms with van der Waals surface area (Å²) in [4.78, 5) is 26.8. The second-order valence-electron chi connectivity index (χ2n) is 4.47. The highest BCUT2D eigenvalue weighted by molar-refractivity contribution is 7.98. The number of aliphatic hydroxyl groups excluding tert-OH is 1. The van der Waals surface area contributed by atoms with Crippen molar-refractivity contribution in [2.75, 3.05) is 12.5 Å². The Hall–Kier alpha value is -2.51. The lowest BCUT2D eigenvalue weighted by molar-refractivity contribution is -0.103. The van der Waals surface area contributed by atoms with Gasteiger partial charge in [-0.15, -0.1) is 12.4 Å². The number of carbonyl (C=O) groups excluding carboxylic acids is 1. The van der Waals surface area contributed by atoms with Crippen molar-refractivity contribution in [2.45, 2.75) is 10.3 Å². The molecule has 3 heterocycles. The molecule has 0 atom stereocenters. The zero-order valence-corrected chi connectivity index (χ0v) is 17.8. The van der Waals surface area contributed by atoms with Crippen LogP contribution >= 0.6 is 35.9 Å². The second-order valence-corrected chi connectivity index (χ2v) is 6.02. The number of nitrogens with zero attached hydrogens (tertiary/aromatic N) is 5. The molecule has 0 saturated heterocycles. The van der Waals surface area contributed by atoms with Gasteiger partial charge >= 0.3 is 0 Å². The molecule has 156 valence electrons. The predicted molar refractivity (Wildman–Crippen MR) is 113 cm³/mol. The maximum absolute atomic E-state index is 10.4. The molecule has 3 aromatic heterocycles. The zero-order valence-electron chi connectivity index (χ0n) is 15.4. The molecule has 0 aliphatic rings. The molecular formula is C16H19ClN6O4S2. The fourth-order valence-corrected chi connectivity index (χ4v) is 2.40. The molecular weight excluding hydrogens is 440 g/mol. The number of hydrogen-bond acceptors (Lipinski definition) is 12.